The van der Waals surface area contributed by atoms with Crippen molar-refractivity contribution in [3.05, 3.63) is 0 Å². The SMILES string of the molecule is CCCCCCCCCCCCCC(=O)O[C@H](COC(=O)CCCCCCCCCCC)COP(=O)(O)OCCNC(=O)CCSSCCC(=O)NCCOP(=O)(O)OC[C@@H](COC(=O)CCCCCCCCCCC)OC(=O)CCCCCCCCCCCCC. The quantitative estimate of drug-likeness (QED) is 0.0145. The molecule has 0 aromatic carbocycles. The molecule has 0 rings (SSSR count). The number of esters is 4. The molecule has 4 N–H and O–H groups in total. The number of unbranched alkanes of at least 4 members (excludes halogenated alkanes) is 36. The van der Waals surface area contributed by atoms with Crippen molar-refractivity contribution in [3.63, 3.8) is 0 Å². The number of phosphoric acid groups is 2. The van der Waals surface area contributed by atoms with Gasteiger partial charge in [-0.2, -0.15) is 0 Å². The molecule has 0 heterocycles. The van der Waals surface area contributed by atoms with E-state index < -0.39 is 64.9 Å². The standard InChI is InChI=1S/C68H130N2O18P2S2/c1-5-9-13-17-21-25-27-31-35-39-43-47-67(75)87-61(57-81-65(73)45-41-37-33-29-23-19-15-11-7-3)59-85-89(77,78)83-53-51-69-63(71)49-55-91-92-56-50-64(72)70-52-54-84-90(79,80)86-60-62(58-82-66(74)46-42-38-34-30-24-20-16-12-8-4)88-68(76)48-44-40-36-32-28-26-22-18-14-10-6-2/h61-62H,5-60H2,1-4H3,(H,69,71)(H,70,72)(H,77,78)(H,79,80)/t61-,62-/m1/s1. The topological polar surface area (TPSA) is 275 Å². The van der Waals surface area contributed by atoms with Crippen LogP contribution in [-0.4, -0.2) is 122 Å². The highest BCUT2D eigenvalue weighted by atomic mass is 33.1. The van der Waals surface area contributed by atoms with Crippen molar-refractivity contribution in [2.24, 2.45) is 0 Å². The predicted molar refractivity (Wildman–Crippen MR) is 371 cm³/mol. The summed E-state index contributed by atoms with van der Waals surface area (Å²) in [6.45, 7) is 6.16. The van der Waals surface area contributed by atoms with Crippen LogP contribution in [0.2, 0.25) is 0 Å². The molecule has 0 saturated heterocycles. The fraction of sp³-hybridized carbons (Fsp3) is 0.912. The molecule has 4 atom stereocenters. The highest BCUT2D eigenvalue weighted by Crippen LogP contribution is 2.44. The third kappa shape index (κ3) is 65.0. The zero-order chi connectivity index (χ0) is 67.7. The highest BCUT2D eigenvalue weighted by Gasteiger charge is 2.28. The molecule has 0 spiro atoms. The van der Waals surface area contributed by atoms with E-state index >= 15 is 0 Å². The summed E-state index contributed by atoms with van der Waals surface area (Å²) in [6, 6.07) is 0. The predicted octanol–water partition coefficient (Wildman–Crippen LogP) is 17.8. The van der Waals surface area contributed by atoms with E-state index in [1.807, 2.05) is 0 Å². The smallest absolute Gasteiger partial charge is 0.462 e. The van der Waals surface area contributed by atoms with Crippen LogP contribution >= 0.6 is 37.2 Å². The van der Waals surface area contributed by atoms with Gasteiger partial charge >= 0.3 is 39.5 Å². The van der Waals surface area contributed by atoms with Crippen molar-refractivity contribution in [2.45, 2.75) is 335 Å². The molecule has 92 heavy (non-hydrogen) atoms. The van der Waals surface area contributed by atoms with E-state index in [4.69, 9.17) is 37.0 Å². The molecule has 0 bridgehead atoms. The van der Waals surface area contributed by atoms with Gasteiger partial charge in [0.05, 0.1) is 26.4 Å². The first-order valence-electron chi connectivity index (χ1n) is 36.3. The first kappa shape index (κ1) is 89.7. The van der Waals surface area contributed by atoms with Gasteiger partial charge in [-0.3, -0.25) is 46.9 Å². The van der Waals surface area contributed by atoms with Gasteiger partial charge in [-0.25, -0.2) is 9.13 Å². The van der Waals surface area contributed by atoms with Crippen LogP contribution in [0.1, 0.15) is 323 Å². The first-order chi connectivity index (χ1) is 44.6. The van der Waals surface area contributed by atoms with Gasteiger partial charge in [0.25, 0.3) is 0 Å². The van der Waals surface area contributed by atoms with Gasteiger partial charge in [0.1, 0.15) is 13.2 Å². The number of carbonyl (C=O) groups excluding carboxylic acids is 6. The molecule has 20 nitrogen and oxygen atoms in total. The van der Waals surface area contributed by atoms with Crippen molar-refractivity contribution in [1.29, 1.82) is 0 Å². The Hall–Kier alpha value is -2.26. The van der Waals surface area contributed by atoms with Crippen LogP contribution in [0.25, 0.3) is 0 Å². The van der Waals surface area contributed by atoms with E-state index in [1.165, 1.54) is 176 Å². The zero-order valence-corrected chi connectivity index (χ0v) is 61.3. The van der Waals surface area contributed by atoms with Gasteiger partial charge in [-0.15, -0.1) is 0 Å². The van der Waals surface area contributed by atoms with Crippen LogP contribution in [-0.2, 0) is 74.9 Å². The molecule has 2 unspecified atom stereocenters. The fourth-order valence-corrected chi connectivity index (χ4v) is 13.4. The monoisotopic (exact) mass is 1390 g/mol. The Labute approximate surface area is 565 Å². The molecule has 0 aromatic rings. The summed E-state index contributed by atoms with van der Waals surface area (Å²) in [6.07, 6.45) is 43.3. The first-order valence-corrected chi connectivity index (χ1v) is 41.8. The number of nitrogens with one attached hydrogen (secondary N) is 2. The Bertz CT molecular complexity index is 1760. The van der Waals surface area contributed by atoms with Crippen molar-refractivity contribution in [3.8, 4) is 0 Å². The molecule has 0 aliphatic carbocycles. The minimum Gasteiger partial charge on any atom is -0.462 e. The maximum atomic E-state index is 12.8. The summed E-state index contributed by atoms with van der Waals surface area (Å²) < 4.78 is 68.0. The largest absolute Gasteiger partial charge is 0.472 e. The van der Waals surface area contributed by atoms with E-state index in [9.17, 15) is 47.7 Å². The summed E-state index contributed by atoms with van der Waals surface area (Å²) >= 11 is 0. The van der Waals surface area contributed by atoms with Crippen molar-refractivity contribution >= 4 is 72.9 Å². The summed E-state index contributed by atoms with van der Waals surface area (Å²) in [5.41, 5.74) is 0. The van der Waals surface area contributed by atoms with Crippen LogP contribution in [0.15, 0.2) is 0 Å². The van der Waals surface area contributed by atoms with Crippen LogP contribution in [0, 0.1) is 0 Å². The molecule has 0 aromatic heterocycles. The van der Waals surface area contributed by atoms with Crippen LogP contribution in [0.4, 0.5) is 0 Å². The normalized spacial score (nSPS) is 13.4. The second-order valence-corrected chi connectivity index (χ2v) is 30.0. The van der Waals surface area contributed by atoms with Gasteiger partial charge in [0.2, 0.25) is 11.8 Å². The molecular formula is C68H130N2O18P2S2. The molecule has 0 saturated carbocycles. The number of phosphoric ester groups is 2. The summed E-state index contributed by atoms with van der Waals surface area (Å²) in [5, 5.41) is 5.23. The lowest BCUT2D eigenvalue weighted by Crippen LogP contribution is -2.30. The molecule has 542 valence electrons. The lowest BCUT2D eigenvalue weighted by Gasteiger charge is -2.20. The highest BCUT2D eigenvalue weighted by molar-refractivity contribution is 8.76. The molecule has 24 heteroatoms. The van der Waals surface area contributed by atoms with E-state index in [0.29, 0.717) is 37.2 Å². The maximum absolute atomic E-state index is 12.8. The van der Waals surface area contributed by atoms with E-state index in [2.05, 4.69) is 38.3 Å². The van der Waals surface area contributed by atoms with Gasteiger partial charge in [-0.05, 0) is 25.7 Å². The Morgan fingerprint density at radius 2 is 0.565 bits per heavy atom. The van der Waals surface area contributed by atoms with Crippen molar-refractivity contribution < 1.29 is 84.7 Å². The third-order valence-corrected chi connectivity index (χ3v) is 19.9. The Kier molecular flexibility index (Phi) is 64.4. The van der Waals surface area contributed by atoms with E-state index in [-0.39, 0.29) is 89.9 Å². The number of carbonyl (C=O) groups is 6. The molecular weight excluding hydrogens is 1260 g/mol. The Morgan fingerprint density at radius 3 is 0.826 bits per heavy atom. The third-order valence-electron chi connectivity index (χ3n) is 15.5. The minimum absolute atomic E-state index is 0.0910. The van der Waals surface area contributed by atoms with Gasteiger partial charge in [0, 0.05) is 63.1 Å². The van der Waals surface area contributed by atoms with Crippen LogP contribution < -0.4 is 10.6 Å². The van der Waals surface area contributed by atoms with Crippen LogP contribution in [0.3, 0.4) is 0 Å². The van der Waals surface area contributed by atoms with Gasteiger partial charge < -0.3 is 39.4 Å². The summed E-state index contributed by atoms with van der Waals surface area (Å²) in [7, 11) is -6.57. The summed E-state index contributed by atoms with van der Waals surface area (Å²) in [5.74, 6) is -1.78. The molecule has 0 aliphatic rings. The fourth-order valence-electron chi connectivity index (χ4n) is 9.96. The second-order valence-electron chi connectivity index (χ2n) is 24.4. The number of ether oxygens (including phenoxy) is 4. The Morgan fingerprint density at radius 1 is 0.326 bits per heavy atom. The number of amides is 2. The van der Waals surface area contributed by atoms with Crippen molar-refractivity contribution in [1.82, 2.24) is 10.6 Å². The maximum Gasteiger partial charge on any atom is 0.472 e. The molecule has 0 aliphatic heterocycles. The van der Waals surface area contributed by atoms with Crippen LogP contribution in [0.5, 0.6) is 0 Å². The molecule has 2 amide bonds. The molecule has 0 fully saturated rings. The lowest BCUT2D eigenvalue weighted by atomic mass is 10.1. The second kappa shape index (κ2) is 66.0. The average Bonchev–Trinajstić information content (AvgIpc) is 2.69. The van der Waals surface area contributed by atoms with Gasteiger partial charge in [-0.1, -0.05) is 280 Å². The van der Waals surface area contributed by atoms with Crippen molar-refractivity contribution in [2.75, 3.05) is 64.2 Å². The lowest BCUT2D eigenvalue weighted by molar-refractivity contribution is -0.161. The molecule has 0 radical (unpaired) electrons. The average molecular weight is 1390 g/mol. The number of hydrogen-bond acceptors (Lipinski definition) is 18. The summed E-state index contributed by atoms with van der Waals surface area (Å²) in [4.78, 5) is 96.6. The van der Waals surface area contributed by atoms with Gasteiger partial charge in [0.15, 0.2) is 12.2 Å². The van der Waals surface area contributed by atoms with E-state index in [1.54, 1.807) is 0 Å². The minimum atomic E-state index is -4.66. The van der Waals surface area contributed by atoms with E-state index in [0.717, 1.165) is 77.0 Å². The Balaban J connectivity index is 4.72. The number of hydrogen-bond donors (Lipinski definition) is 4. The number of rotatable bonds is 71. The zero-order valence-electron chi connectivity index (χ0n) is 57.9.